The van der Waals surface area contributed by atoms with Crippen LogP contribution in [0.2, 0.25) is 0 Å². The van der Waals surface area contributed by atoms with Gasteiger partial charge in [0.15, 0.2) is 0 Å². The van der Waals surface area contributed by atoms with Gasteiger partial charge in [-0.25, -0.2) is 0 Å². The van der Waals surface area contributed by atoms with Crippen molar-refractivity contribution in [2.45, 2.75) is 18.6 Å². The zero-order valence-corrected chi connectivity index (χ0v) is 15.6. The number of amides is 1. The summed E-state index contributed by atoms with van der Waals surface area (Å²) in [6, 6.07) is 16.2. The summed E-state index contributed by atoms with van der Waals surface area (Å²) < 4.78 is 0.949. The number of rotatable bonds is 2. The van der Waals surface area contributed by atoms with E-state index in [2.05, 4.69) is 47.1 Å². The van der Waals surface area contributed by atoms with E-state index in [1.165, 1.54) is 11.1 Å². The van der Waals surface area contributed by atoms with Gasteiger partial charge in [-0.2, -0.15) is 11.8 Å². The third kappa shape index (κ3) is 3.99. The Morgan fingerprint density at radius 1 is 1.17 bits per heavy atom. The highest BCUT2D eigenvalue weighted by atomic mass is 79.9. The first-order valence-electron chi connectivity index (χ1n) is 7.87. The van der Waals surface area contributed by atoms with Crippen molar-refractivity contribution >= 4 is 33.6 Å². The van der Waals surface area contributed by atoms with Crippen LogP contribution in [0.25, 0.3) is 0 Å². The molecule has 0 aliphatic carbocycles. The summed E-state index contributed by atoms with van der Waals surface area (Å²) in [6.07, 6.45) is 1.01. The molecular weight excluding hydrogens is 370 g/mol. The molecule has 1 heterocycles. The van der Waals surface area contributed by atoms with Crippen LogP contribution in [0.15, 0.2) is 53.0 Å². The van der Waals surface area contributed by atoms with Gasteiger partial charge in [-0.1, -0.05) is 46.3 Å². The Morgan fingerprint density at radius 3 is 2.78 bits per heavy atom. The lowest BCUT2D eigenvalue weighted by Gasteiger charge is -2.21. The number of carbonyl (C=O) groups is 1. The number of thioether (sulfide) groups is 1. The third-order valence-corrected chi connectivity index (χ3v) is 6.04. The summed E-state index contributed by atoms with van der Waals surface area (Å²) in [7, 11) is 0. The Hall–Kier alpha value is -1.26. The first kappa shape index (κ1) is 16.6. The lowest BCUT2D eigenvalue weighted by Crippen LogP contribution is -2.32. The second-order valence-corrected chi connectivity index (χ2v) is 8.03. The van der Waals surface area contributed by atoms with E-state index in [1.54, 1.807) is 0 Å². The summed E-state index contributed by atoms with van der Waals surface area (Å²) in [4.78, 5) is 14.7. The third-order valence-electron chi connectivity index (χ3n) is 4.24. The molecule has 0 N–H and O–H groups in total. The normalized spacial score (nSPS) is 18.5. The highest BCUT2D eigenvalue weighted by Crippen LogP contribution is 2.36. The predicted molar refractivity (Wildman–Crippen MR) is 101 cm³/mol. The molecule has 1 fully saturated rings. The van der Waals surface area contributed by atoms with Gasteiger partial charge < -0.3 is 4.90 Å². The number of hydrogen-bond acceptors (Lipinski definition) is 2. The zero-order valence-electron chi connectivity index (χ0n) is 13.2. The van der Waals surface area contributed by atoms with Crippen molar-refractivity contribution in [3.63, 3.8) is 0 Å². The van der Waals surface area contributed by atoms with Crippen LogP contribution in [0, 0.1) is 6.92 Å². The molecule has 3 rings (SSSR count). The monoisotopic (exact) mass is 389 g/mol. The molecule has 4 heteroatoms. The maximum absolute atomic E-state index is 12.7. The van der Waals surface area contributed by atoms with E-state index in [4.69, 9.17) is 0 Å². The standard InChI is InChI=1S/C19H20BrNOS/c1-14-5-2-3-8-17(14)18-9-10-21(11-12-23-18)19(22)15-6-4-7-16(20)13-15/h2-8,13,18H,9-12H2,1H3. The Kier molecular flexibility index (Phi) is 5.44. The minimum Gasteiger partial charge on any atom is -0.338 e. The van der Waals surface area contributed by atoms with Gasteiger partial charge >= 0.3 is 0 Å². The topological polar surface area (TPSA) is 20.3 Å². The van der Waals surface area contributed by atoms with Crippen molar-refractivity contribution in [2.24, 2.45) is 0 Å². The minimum atomic E-state index is 0.136. The number of halogens is 1. The SMILES string of the molecule is Cc1ccccc1C1CCN(C(=O)c2cccc(Br)c2)CCS1. The van der Waals surface area contributed by atoms with Crippen LogP contribution in [0.4, 0.5) is 0 Å². The van der Waals surface area contributed by atoms with E-state index in [0.29, 0.717) is 5.25 Å². The lowest BCUT2D eigenvalue weighted by molar-refractivity contribution is 0.0766. The molecule has 0 spiro atoms. The molecule has 0 saturated carbocycles. The Balaban J connectivity index is 1.71. The van der Waals surface area contributed by atoms with Gasteiger partial charge in [0, 0.05) is 34.1 Å². The molecule has 2 aromatic rings. The predicted octanol–water partition coefficient (Wildman–Crippen LogP) is 5.08. The molecule has 2 nitrogen and oxygen atoms in total. The number of nitrogens with zero attached hydrogens (tertiary/aromatic N) is 1. The van der Waals surface area contributed by atoms with Crippen molar-refractivity contribution in [3.8, 4) is 0 Å². The molecule has 120 valence electrons. The second kappa shape index (κ2) is 7.54. The van der Waals surface area contributed by atoms with Crippen LogP contribution >= 0.6 is 27.7 Å². The van der Waals surface area contributed by atoms with E-state index < -0.39 is 0 Å². The maximum Gasteiger partial charge on any atom is 0.253 e. The average molecular weight is 390 g/mol. The van der Waals surface area contributed by atoms with Crippen LogP contribution in [-0.2, 0) is 0 Å². The molecule has 1 aliphatic heterocycles. The van der Waals surface area contributed by atoms with E-state index in [1.807, 2.05) is 40.9 Å². The maximum atomic E-state index is 12.7. The molecule has 1 unspecified atom stereocenters. The van der Waals surface area contributed by atoms with Crippen molar-refractivity contribution in [1.82, 2.24) is 4.90 Å². The highest BCUT2D eigenvalue weighted by Gasteiger charge is 2.23. The second-order valence-electron chi connectivity index (χ2n) is 5.81. The Morgan fingerprint density at radius 2 is 2.00 bits per heavy atom. The fraction of sp³-hybridized carbons (Fsp3) is 0.316. The number of aryl methyl sites for hydroxylation is 1. The highest BCUT2D eigenvalue weighted by molar-refractivity contribution is 9.10. The quantitative estimate of drug-likeness (QED) is 0.713. The van der Waals surface area contributed by atoms with Gasteiger partial charge in [-0.15, -0.1) is 0 Å². The number of carbonyl (C=O) groups excluding carboxylic acids is 1. The molecular formula is C19H20BrNOS. The molecule has 1 saturated heterocycles. The average Bonchev–Trinajstić information content (AvgIpc) is 2.80. The molecule has 23 heavy (non-hydrogen) atoms. The minimum absolute atomic E-state index is 0.136. The van der Waals surface area contributed by atoms with Crippen LogP contribution in [0.5, 0.6) is 0 Å². The molecule has 1 aliphatic rings. The summed E-state index contributed by atoms with van der Waals surface area (Å²) in [5.74, 6) is 1.12. The zero-order chi connectivity index (χ0) is 16.2. The molecule has 0 radical (unpaired) electrons. The Labute approximate surface area is 150 Å². The lowest BCUT2D eigenvalue weighted by atomic mass is 10.0. The van der Waals surface area contributed by atoms with Crippen LogP contribution < -0.4 is 0 Å². The molecule has 0 bridgehead atoms. The van der Waals surface area contributed by atoms with Gasteiger partial charge in [0.1, 0.15) is 0 Å². The smallest absolute Gasteiger partial charge is 0.253 e. The fourth-order valence-electron chi connectivity index (χ4n) is 2.97. The first-order valence-corrected chi connectivity index (χ1v) is 9.71. The van der Waals surface area contributed by atoms with Crippen molar-refractivity contribution in [2.75, 3.05) is 18.8 Å². The molecule has 1 amide bonds. The largest absolute Gasteiger partial charge is 0.338 e. The first-order chi connectivity index (χ1) is 11.1. The van der Waals surface area contributed by atoms with Gasteiger partial charge in [0.05, 0.1) is 0 Å². The van der Waals surface area contributed by atoms with Crippen molar-refractivity contribution in [1.29, 1.82) is 0 Å². The number of benzene rings is 2. The van der Waals surface area contributed by atoms with E-state index >= 15 is 0 Å². The summed E-state index contributed by atoms with van der Waals surface area (Å²) in [6.45, 7) is 3.81. The fourth-order valence-corrected chi connectivity index (χ4v) is 4.70. The van der Waals surface area contributed by atoms with Crippen molar-refractivity contribution < 1.29 is 4.79 Å². The Bertz CT molecular complexity index is 703. The van der Waals surface area contributed by atoms with Crippen LogP contribution in [0.3, 0.4) is 0 Å². The van der Waals surface area contributed by atoms with Gasteiger partial charge in [-0.3, -0.25) is 4.79 Å². The van der Waals surface area contributed by atoms with Gasteiger partial charge in [-0.05, 0) is 42.7 Å². The van der Waals surface area contributed by atoms with E-state index in [0.717, 1.165) is 35.3 Å². The summed E-state index contributed by atoms with van der Waals surface area (Å²) >= 11 is 5.41. The van der Waals surface area contributed by atoms with Gasteiger partial charge in [0.2, 0.25) is 0 Å². The van der Waals surface area contributed by atoms with Crippen LogP contribution in [-0.4, -0.2) is 29.6 Å². The molecule has 2 aromatic carbocycles. The summed E-state index contributed by atoms with van der Waals surface area (Å²) in [5, 5.41) is 0.483. The molecule has 0 aromatic heterocycles. The van der Waals surface area contributed by atoms with Gasteiger partial charge in [0.25, 0.3) is 5.91 Å². The molecule has 1 atom stereocenters. The number of hydrogen-bond donors (Lipinski definition) is 0. The van der Waals surface area contributed by atoms with Crippen LogP contribution in [0.1, 0.15) is 33.2 Å². The summed E-state index contributed by atoms with van der Waals surface area (Å²) in [5.41, 5.74) is 3.52. The van der Waals surface area contributed by atoms with E-state index in [-0.39, 0.29) is 5.91 Å². The van der Waals surface area contributed by atoms with E-state index in [9.17, 15) is 4.79 Å². The van der Waals surface area contributed by atoms with Crippen molar-refractivity contribution in [3.05, 3.63) is 69.7 Å².